The topological polar surface area (TPSA) is 79.3 Å². The van der Waals surface area contributed by atoms with Crippen molar-refractivity contribution in [2.45, 2.75) is 45.1 Å². The van der Waals surface area contributed by atoms with E-state index in [4.69, 9.17) is 4.65 Å². The van der Waals surface area contributed by atoms with Crippen LogP contribution >= 0.6 is 0 Å². The van der Waals surface area contributed by atoms with E-state index in [2.05, 4.69) is 26.7 Å². The average molecular weight is 326 g/mol. The highest BCUT2D eigenvalue weighted by Crippen LogP contribution is 2.31. The average Bonchev–Trinajstić information content (AvgIpc) is 3.21. The molecule has 4 rings (SSSR count). The van der Waals surface area contributed by atoms with Gasteiger partial charge in [-0.3, -0.25) is 0 Å². The number of fused-ring (bicyclic) bond motifs is 1. The van der Waals surface area contributed by atoms with Crippen molar-refractivity contribution in [3.63, 3.8) is 0 Å². The number of aryl methyl sites for hydroxylation is 1. The van der Waals surface area contributed by atoms with Crippen LogP contribution in [0.4, 0.5) is 11.8 Å². The Balaban J connectivity index is 1.48. The SMILES string of the molecule is Cc1cnc(NC2=CCC3COB(O)C3=C2)nc1NC1CCCC1. The number of allylic oxidation sites excluding steroid dienone is 2. The molecule has 0 radical (unpaired) electrons. The van der Waals surface area contributed by atoms with Crippen LogP contribution in [0.5, 0.6) is 0 Å². The van der Waals surface area contributed by atoms with E-state index in [0.29, 0.717) is 24.5 Å². The normalized spacial score (nSPS) is 23.8. The van der Waals surface area contributed by atoms with Crippen molar-refractivity contribution in [2.24, 2.45) is 5.92 Å². The van der Waals surface area contributed by atoms with Crippen molar-refractivity contribution in [3.8, 4) is 0 Å². The molecule has 2 fully saturated rings. The maximum absolute atomic E-state index is 9.86. The van der Waals surface area contributed by atoms with Crippen LogP contribution in [0.2, 0.25) is 0 Å². The monoisotopic (exact) mass is 326 g/mol. The molecule has 1 saturated heterocycles. The fourth-order valence-electron chi connectivity index (χ4n) is 3.63. The maximum Gasteiger partial charge on any atom is 0.487 e. The highest BCUT2D eigenvalue weighted by Gasteiger charge is 2.36. The van der Waals surface area contributed by atoms with Gasteiger partial charge in [0.15, 0.2) is 0 Å². The smallest absolute Gasteiger partial charge is 0.423 e. The van der Waals surface area contributed by atoms with Gasteiger partial charge in [-0.15, -0.1) is 0 Å². The van der Waals surface area contributed by atoms with Crippen LogP contribution in [0.1, 0.15) is 37.7 Å². The van der Waals surface area contributed by atoms with E-state index in [1.807, 2.05) is 19.2 Å². The number of nitrogens with one attached hydrogen (secondary N) is 2. The second-order valence-corrected chi connectivity index (χ2v) is 6.90. The van der Waals surface area contributed by atoms with Crippen molar-refractivity contribution in [2.75, 3.05) is 17.2 Å². The van der Waals surface area contributed by atoms with E-state index >= 15 is 0 Å². The molecule has 1 unspecified atom stereocenters. The minimum Gasteiger partial charge on any atom is -0.423 e. The van der Waals surface area contributed by atoms with E-state index in [0.717, 1.165) is 29.0 Å². The Morgan fingerprint density at radius 3 is 3.00 bits per heavy atom. The summed E-state index contributed by atoms with van der Waals surface area (Å²) in [7, 11) is -0.779. The first-order valence-corrected chi connectivity index (χ1v) is 8.77. The van der Waals surface area contributed by atoms with E-state index in [1.54, 1.807) is 0 Å². The largest absolute Gasteiger partial charge is 0.487 e. The second-order valence-electron chi connectivity index (χ2n) is 6.90. The minimum absolute atomic E-state index is 0.295. The molecule has 6 nitrogen and oxygen atoms in total. The fourth-order valence-corrected chi connectivity index (χ4v) is 3.63. The number of hydrogen-bond donors (Lipinski definition) is 3. The summed E-state index contributed by atoms with van der Waals surface area (Å²) in [6.45, 7) is 2.62. The lowest BCUT2D eigenvalue weighted by Gasteiger charge is -2.18. The third kappa shape index (κ3) is 3.19. The van der Waals surface area contributed by atoms with Crippen LogP contribution in [0, 0.1) is 12.8 Å². The highest BCUT2D eigenvalue weighted by atomic mass is 16.5. The molecule has 7 heteroatoms. The predicted molar refractivity (Wildman–Crippen MR) is 94.5 cm³/mol. The molecule has 3 N–H and O–H groups in total. The van der Waals surface area contributed by atoms with E-state index in [1.165, 1.54) is 25.7 Å². The Labute approximate surface area is 142 Å². The summed E-state index contributed by atoms with van der Waals surface area (Å²) in [5, 5.41) is 16.7. The molecule has 0 amide bonds. The van der Waals surface area contributed by atoms with Gasteiger partial charge in [0.1, 0.15) is 5.82 Å². The zero-order valence-electron chi connectivity index (χ0n) is 14.0. The third-order valence-corrected chi connectivity index (χ3v) is 5.08. The molecule has 126 valence electrons. The molecule has 1 aromatic heterocycles. The van der Waals surface area contributed by atoms with Crippen LogP contribution in [-0.2, 0) is 4.65 Å². The lowest BCUT2D eigenvalue weighted by molar-refractivity contribution is 0.275. The van der Waals surface area contributed by atoms with Gasteiger partial charge in [0.05, 0.1) is 0 Å². The van der Waals surface area contributed by atoms with Gasteiger partial charge < -0.3 is 20.3 Å². The molecular weight excluding hydrogens is 303 g/mol. The summed E-state index contributed by atoms with van der Waals surface area (Å²) in [4.78, 5) is 9.02. The summed E-state index contributed by atoms with van der Waals surface area (Å²) in [5.41, 5.74) is 2.92. The van der Waals surface area contributed by atoms with Gasteiger partial charge >= 0.3 is 7.12 Å². The molecule has 1 aliphatic heterocycles. The third-order valence-electron chi connectivity index (χ3n) is 5.08. The van der Waals surface area contributed by atoms with E-state index in [-0.39, 0.29) is 0 Å². The van der Waals surface area contributed by atoms with Crippen LogP contribution < -0.4 is 10.6 Å². The van der Waals surface area contributed by atoms with Crippen molar-refractivity contribution in [3.05, 3.63) is 35.1 Å². The standard InChI is InChI=1S/C17H23BN4O2/c1-11-9-19-17(22-16(11)20-13-4-2-3-5-13)21-14-7-6-12-10-24-18(23)15(12)8-14/h7-9,12-13,23H,2-6,10H2,1H3,(H2,19,20,21,22). The number of nitrogens with zero attached hydrogens (tertiary/aromatic N) is 2. The molecule has 24 heavy (non-hydrogen) atoms. The predicted octanol–water partition coefficient (Wildman–Crippen LogP) is 2.43. The molecule has 2 aliphatic carbocycles. The van der Waals surface area contributed by atoms with Crippen LogP contribution in [0.25, 0.3) is 0 Å². The summed E-state index contributed by atoms with van der Waals surface area (Å²) in [5.74, 6) is 1.78. The van der Waals surface area contributed by atoms with Crippen molar-refractivity contribution in [1.29, 1.82) is 0 Å². The second kappa shape index (κ2) is 6.57. The first kappa shape index (κ1) is 15.7. The van der Waals surface area contributed by atoms with Gasteiger partial charge in [0, 0.05) is 36.0 Å². The zero-order chi connectivity index (χ0) is 16.5. The highest BCUT2D eigenvalue weighted by molar-refractivity contribution is 6.53. The number of hydrogen-bond acceptors (Lipinski definition) is 6. The van der Waals surface area contributed by atoms with E-state index in [9.17, 15) is 5.02 Å². The first-order valence-electron chi connectivity index (χ1n) is 8.77. The van der Waals surface area contributed by atoms with Gasteiger partial charge in [-0.05, 0) is 37.7 Å². The molecule has 0 aromatic carbocycles. The summed E-state index contributed by atoms with van der Waals surface area (Å²) >= 11 is 0. The van der Waals surface area contributed by atoms with Crippen LogP contribution in [0.3, 0.4) is 0 Å². The van der Waals surface area contributed by atoms with Gasteiger partial charge in [-0.2, -0.15) is 4.98 Å². The maximum atomic E-state index is 9.86. The molecule has 2 heterocycles. The molecule has 0 spiro atoms. The quantitative estimate of drug-likeness (QED) is 0.738. The van der Waals surface area contributed by atoms with Gasteiger partial charge in [0.2, 0.25) is 5.95 Å². The molecule has 1 saturated carbocycles. The Hall–Kier alpha value is -1.86. The Morgan fingerprint density at radius 1 is 1.33 bits per heavy atom. The zero-order valence-corrected chi connectivity index (χ0v) is 14.0. The van der Waals surface area contributed by atoms with E-state index < -0.39 is 7.12 Å². The molecular formula is C17H23BN4O2. The Bertz CT molecular complexity index is 685. The molecule has 3 aliphatic rings. The lowest BCUT2D eigenvalue weighted by Crippen LogP contribution is -2.19. The number of aromatic nitrogens is 2. The molecule has 1 atom stereocenters. The summed E-state index contributed by atoms with van der Waals surface area (Å²) in [6.07, 6.45) is 11.8. The fraction of sp³-hybridized carbons (Fsp3) is 0.529. The van der Waals surface area contributed by atoms with Gasteiger partial charge in [-0.1, -0.05) is 18.9 Å². The first-order chi connectivity index (χ1) is 11.7. The van der Waals surface area contributed by atoms with Crippen LogP contribution in [-0.4, -0.2) is 34.8 Å². The Kier molecular flexibility index (Phi) is 4.29. The van der Waals surface area contributed by atoms with Gasteiger partial charge in [0.25, 0.3) is 0 Å². The molecule has 1 aromatic rings. The van der Waals surface area contributed by atoms with Gasteiger partial charge in [-0.25, -0.2) is 4.98 Å². The van der Waals surface area contributed by atoms with Crippen molar-refractivity contribution >= 4 is 18.9 Å². The van der Waals surface area contributed by atoms with Crippen molar-refractivity contribution < 1.29 is 9.68 Å². The Morgan fingerprint density at radius 2 is 2.17 bits per heavy atom. The van der Waals surface area contributed by atoms with Crippen LogP contribution in [0.15, 0.2) is 29.5 Å². The number of rotatable bonds is 4. The summed E-state index contributed by atoms with van der Waals surface area (Å²) in [6, 6.07) is 0.522. The molecule has 0 bridgehead atoms. The van der Waals surface area contributed by atoms with Crippen molar-refractivity contribution in [1.82, 2.24) is 9.97 Å². The number of anilines is 2. The minimum atomic E-state index is -0.779. The lowest BCUT2D eigenvalue weighted by atomic mass is 9.72. The summed E-state index contributed by atoms with van der Waals surface area (Å²) < 4.78 is 5.29.